The van der Waals surface area contributed by atoms with Crippen LogP contribution in [0.3, 0.4) is 0 Å². The topological polar surface area (TPSA) is 47.6 Å². The molecular weight excluding hydrogens is 322 g/mol. The van der Waals surface area contributed by atoms with Crippen molar-refractivity contribution in [3.63, 3.8) is 0 Å². The normalized spacial score (nSPS) is 19.6. The molecule has 0 unspecified atom stereocenters. The molecule has 1 saturated heterocycles. The van der Waals surface area contributed by atoms with Crippen molar-refractivity contribution in [3.05, 3.63) is 34.3 Å². The van der Waals surface area contributed by atoms with E-state index in [9.17, 15) is 4.79 Å². The van der Waals surface area contributed by atoms with Gasteiger partial charge in [-0.3, -0.25) is 4.79 Å². The second kappa shape index (κ2) is 6.70. The standard InChI is InChI=1S/C15H20BrNO3/c1-15(2,9-11-3-5-12(16)6-4-11)17-14(18)13-10-19-7-8-20-13/h3-6,13H,7-10H2,1-2H3,(H,17,18)/t13-/m1/s1. The Hall–Kier alpha value is -0.910. The number of benzene rings is 1. The fourth-order valence-electron chi connectivity index (χ4n) is 2.21. The first-order chi connectivity index (χ1) is 9.46. The highest BCUT2D eigenvalue weighted by Gasteiger charge is 2.28. The molecule has 2 rings (SSSR count). The molecule has 1 aromatic carbocycles. The van der Waals surface area contributed by atoms with E-state index >= 15 is 0 Å². The molecule has 1 fully saturated rings. The highest BCUT2D eigenvalue weighted by molar-refractivity contribution is 9.10. The van der Waals surface area contributed by atoms with Gasteiger partial charge in [0.2, 0.25) is 0 Å². The minimum atomic E-state index is -0.493. The summed E-state index contributed by atoms with van der Waals surface area (Å²) in [5.74, 6) is -0.105. The molecule has 1 aromatic rings. The van der Waals surface area contributed by atoms with E-state index < -0.39 is 6.10 Å². The Morgan fingerprint density at radius 3 is 2.65 bits per heavy atom. The quantitative estimate of drug-likeness (QED) is 0.913. The van der Waals surface area contributed by atoms with E-state index in [1.54, 1.807) is 0 Å². The first kappa shape index (κ1) is 15.5. The molecule has 0 bridgehead atoms. The fraction of sp³-hybridized carbons (Fsp3) is 0.533. The lowest BCUT2D eigenvalue weighted by Crippen LogP contribution is -2.52. The van der Waals surface area contributed by atoms with Gasteiger partial charge in [-0.1, -0.05) is 28.1 Å². The van der Waals surface area contributed by atoms with E-state index in [2.05, 4.69) is 33.4 Å². The van der Waals surface area contributed by atoms with Gasteiger partial charge < -0.3 is 14.8 Å². The minimum absolute atomic E-state index is 0.105. The van der Waals surface area contributed by atoms with Gasteiger partial charge in [0, 0.05) is 10.0 Å². The predicted octanol–water partition coefficient (Wildman–Crippen LogP) is 2.30. The van der Waals surface area contributed by atoms with Crippen LogP contribution in [0.25, 0.3) is 0 Å². The van der Waals surface area contributed by atoms with Gasteiger partial charge in [-0.05, 0) is 38.0 Å². The smallest absolute Gasteiger partial charge is 0.251 e. The second-order valence-electron chi connectivity index (χ2n) is 5.61. The summed E-state index contributed by atoms with van der Waals surface area (Å²) in [6.07, 6.45) is 0.271. The molecule has 20 heavy (non-hydrogen) atoms. The Bertz CT molecular complexity index is 453. The van der Waals surface area contributed by atoms with Crippen molar-refractivity contribution >= 4 is 21.8 Å². The maximum Gasteiger partial charge on any atom is 0.251 e. The Balaban J connectivity index is 1.92. The molecule has 0 saturated carbocycles. The van der Waals surface area contributed by atoms with Crippen molar-refractivity contribution in [1.29, 1.82) is 0 Å². The van der Waals surface area contributed by atoms with Crippen LogP contribution in [0.4, 0.5) is 0 Å². The number of hydrogen-bond acceptors (Lipinski definition) is 3. The lowest BCUT2D eigenvalue weighted by molar-refractivity contribution is -0.149. The van der Waals surface area contributed by atoms with E-state index in [4.69, 9.17) is 9.47 Å². The summed E-state index contributed by atoms with van der Waals surface area (Å²) in [6.45, 7) is 5.39. The summed E-state index contributed by atoms with van der Waals surface area (Å²) in [4.78, 5) is 12.1. The number of halogens is 1. The lowest BCUT2D eigenvalue weighted by Gasteiger charge is -2.30. The molecule has 1 N–H and O–H groups in total. The third-order valence-corrected chi connectivity index (χ3v) is 3.66. The summed E-state index contributed by atoms with van der Waals surface area (Å²) in [5, 5.41) is 3.03. The second-order valence-corrected chi connectivity index (χ2v) is 6.53. The first-order valence-electron chi connectivity index (χ1n) is 6.72. The lowest BCUT2D eigenvalue weighted by atomic mass is 9.94. The molecule has 1 amide bonds. The van der Waals surface area contributed by atoms with Crippen molar-refractivity contribution in [2.24, 2.45) is 0 Å². The average molecular weight is 342 g/mol. The summed E-state index contributed by atoms with van der Waals surface area (Å²) >= 11 is 3.42. The monoisotopic (exact) mass is 341 g/mol. The maximum absolute atomic E-state index is 12.1. The van der Waals surface area contributed by atoms with E-state index in [-0.39, 0.29) is 11.4 Å². The molecule has 1 aliphatic heterocycles. The predicted molar refractivity (Wildman–Crippen MR) is 80.6 cm³/mol. The molecule has 1 atom stereocenters. The number of nitrogens with one attached hydrogen (secondary N) is 1. The van der Waals surface area contributed by atoms with Crippen molar-refractivity contribution in [2.75, 3.05) is 19.8 Å². The number of carbonyl (C=O) groups excluding carboxylic acids is 1. The SMILES string of the molecule is CC(C)(Cc1ccc(Br)cc1)NC(=O)[C@H]1COCCO1. The Labute approximate surface area is 128 Å². The van der Waals surface area contributed by atoms with Crippen LogP contribution in [-0.2, 0) is 20.7 Å². The van der Waals surface area contributed by atoms with Gasteiger partial charge in [0.05, 0.1) is 19.8 Å². The maximum atomic E-state index is 12.1. The van der Waals surface area contributed by atoms with E-state index in [0.717, 1.165) is 10.9 Å². The highest BCUT2D eigenvalue weighted by Crippen LogP contribution is 2.16. The van der Waals surface area contributed by atoms with Crippen LogP contribution in [-0.4, -0.2) is 37.4 Å². The number of hydrogen-bond donors (Lipinski definition) is 1. The van der Waals surface area contributed by atoms with E-state index in [1.165, 1.54) is 5.56 Å². The molecule has 0 aliphatic carbocycles. The van der Waals surface area contributed by atoms with E-state index in [0.29, 0.717) is 19.8 Å². The van der Waals surface area contributed by atoms with Crippen molar-refractivity contribution < 1.29 is 14.3 Å². The van der Waals surface area contributed by atoms with E-state index in [1.807, 2.05) is 26.0 Å². The molecule has 110 valence electrons. The average Bonchev–Trinajstić information content (AvgIpc) is 2.41. The third kappa shape index (κ3) is 4.58. The van der Waals surface area contributed by atoms with Crippen LogP contribution in [0.15, 0.2) is 28.7 Å². The molecule has 1 aliphatic rings. The van der Waals surface area contributed by atoms with Gasteiger partial charge in [0.15, 0.2) is 6.10 Å². The number of ether oxygens (including phenoxy) is 2. The van der Waals surface area contributed by atoms with Crippen LogP contribution < -0.4 is 5.32 Å². The van der Waals surface area contributed by atoms with Gasteiger partial charge in [0.25, 0.3) is 5.91 Å². The third-order valence-electron chi connectivity index (χ3n) is 3.13. The highest BCUT2D eigenvalue weighted by atomic mass is 79.9. The van der Waals surface area contributed by atoms with Gasteiger partial charge >= 0.3 is 0 Å². The van der Waals surface area contributed by atoms with Crippen molar-refractivity contribution in [2.45, 2.75) is 31.9 Å². The first-order valence-corrected chi connectivity index (χ1v) is 7.51. The zero-order chi connectivity index (χ0) is 14.6. The largest absolute Gasteiger partial charge is 0.376 e. The van der Waals surface area contributed by atoms with Gasteiger partial charge in [0.1, 0.15) is 0 Å². The Morgan fingerprint density at radius 2 is 2.05 bits per heavy atom. The van der Waals surface area contributed by atoms with Gasteiger partial charge in [-0.2, -0.15) is 0 Å². The molecule has 4 nitrogen and oxygen atoms in total. The zero-order valence-electron chi connectivity index (χ0n) is 11.8. The van der Waals surface area contributed by atoms with Crippen molar-refractivity contribution in [3.8, 4) is 0 Å². The fourth-order valence-corrected chi connectivity index (χ4v) is 2.47. The Morgan fingerprint density at radius 1 is 1.35 bits per heavy atom. The molecule has 1 heterocycles. The molecule has 0 aromatic heterocycles. The van der Waals surface area contributed by atoms with Crippen LogP contribution >= 0.6 is 15.9 Å². The Kier molecular flexibility index (Phi) is 5.18. The van der Waals surface area contributed by atoms with Gasteiger partial charge in [-0.15, -0.1) is 0 Å². The van der Waals surface area contributed by atoms with Crippen LogP contribution in [0.1, 0.15) is 19.4 Å². The molecular formula is C15H20BrNO3. The van der Waals surface area contributed by atoms with Crippen LogP contribution in [0.2, 0.25) is 0 Å². The summed E-state index contributed by atoms with van der Waals surface area (Å²) in [6, 6.07) is 8.12. The summed E-state index contributed by atoms with van der Waals surface area (Å²) < 4.78 is 11.7. The zero-order valence-corrected chi connectivity index (χ0v) is 13.4. The van der Waals surface area contributed by atoms with Gasteiger partial charge in [-0.25, -0.2) is 0 Å². The summed E-state index contributed by atoms with van der Waals surface area (Å²) in [5.41, 5.74) is 0.852. The number of carbonyl (C=O) groups is 1. The number of rotatable bonds is 4. The van der Waals surface area contributed by atoms with Crippen LogP contribution in [0, 0.1) is 0 Å². The number of amides is 1. The van der Waals surface area contributed by atoms with Crippen molar-refractivity contribution in [1.82, 2.24) is 5.32 Å². The molecule has 0 radical (unpaired) electrons. The molecule has 5 heteroatoms. The van der Waals surface area contributed by atoms with Crippen LogP contribution in [0.5, 0.6) is 0 Å². The molecule has 0 spiro atoms. The minimum Gasteiger partial charge on any atom is -0.376 e. The summed E-state index contributed by atoms with van der Waals surface area (Å²) in [7, 11) is 0.